The molecule has 3 N–H and O–H groups in total. The molecule has 2 aromatic rings. The molecule has 2 fully saturated rings. The van der Waals surface area contributed by atoms with E-state index in [1.807, 2.05) is 18.2 Å². The van der Waals surface area contributed by atoms with Crippen LogP contribution in [0.15, 0.2) is 42.5 Å². The Balaban J connectivity index is 1.42. The molecule has 0 spiro atoms. The molecule has 176 valence electrons. The Hall–Kier alpha value is -3.22. The highest BCUT2D eigenvalue weighted by Gasteiger charge is 2.30. The number of carbonyl (C=O) groups is 2. The molecular weight excluding hydrogens is 420 g/mol. The highest BCUT2D eigenvalue weighted by Crippen LogP contribution is 2.37. The summed E-state index contributed by atoms with van der Waals surface area (Å²) >= 11 is 0. The van der Waals surface area contributed by atoms with Crippen LogP contribution in [0.4, 0.5) is 0 Å². The minimum absolute atomic E-state index is 0.0799. The van der Waals surface area contributed by atoms with Gasteiger partial charge in [-0.2, -0.15) is 0 Å². The number of benzene rings is 2. The zero-order valence-electron chi connectivity index (χ0n) is 19.0. The monoisotopic (exact) mass is 452 g/mol. The lowest BCUT2D eigenvalue weighted by molar-refractivity contribution is -0.127. The summed E-state index contributed by atoms with van der Waals surface area (Å²) in [4.78, 5) is 23.5. The standard InChI is InChI=1S/C26H32N2O5/c1-31-23-11-8-18(14-24(23)33-22-4-2-3-5-22)20-13-19(26(30)28-15-20)12-17-6-9-21(10-7-17)32-16-25(27)29/h6-11,14,19-20,22H,2-5,12-13,15-16H2,1H3,(H2,27,29)(H,28,30)/t19-,20+/m0/s1. The van der Waals surface area contributed by atoms with Crippen LogP contribution in [0, 0.1) is 5.92 Å². The minimum atomic E-state index is -0.515. The van der Waals surface area contributed by atoms with Crippen LogP contribution in [0.5, 0.6) is 17.2 Å². The molecule has 7 nitrogen and oxygen atoms in total. The summed E-state index contributed by atoms with van der Waals surface area (Å²) in [5, 5.41) is 3.08. The number of hydrogen-bond donors (Lipinski definition) is 2. The number of nitrogens with one attached hydrogen (secondary N) is 1. The Morgan fingerprint density at radius 3 is 2.55 bits per heavy atom. The van der Waals surface area contributed by atoms with E-state index in [0.717, 1.165) is 41.9 Å². The second-order valence-corrected chi connectivity index (χ2v) is 8.91. The Bertz CT molecular complexity index is 969. The average molecular weight is 453 g/mol. The third-order valence-electron chi connectivity index (χ3n) is 6.50. The quantitative estimate of drug-likeness (QED) is 0.608. The van der Waals surface area contributed by atoms with Crippen LogP contribution in [-0.4, -0.2) is 38.2 Å². The third kappa shape index (κ3) is 5.97. The van der Waals surface area contributed by atoms with Crippen LogP contribution < -0.4 is 25.3 Å². The van der Waals surface area contributed by atoms with Crippen molar-refractivity contribution in [2.24, 2.45) is 11.7 Å². The Labute approximate surface area is 194 Å². The summed E-state index contributed by atoms with van der Waals surface area (Å²) in [6.07, 6.45) is 6.24. The zero-order chi connectivity index (χ0) is 23.2. The molecule has 0 aromatic heterocycles. The topological polar surface area (TPSA) is 99.9 Å². The van der Waals surface area contributed by atoms with E-state index >= 15 is 0 Å². The van der Waals surface area contributed by atoms with Crippen molar-refractivity contribution in [3.8, 4) is 17.2 Å². The van der Waals surface area contributed by atoms with Gasteiger partial charge in [0.1, 0.15) is 5.75 Å². The fourth-order valence-corrected chi connectivity index (χ4v) is 4.72. The van der Waals surface area contributed by atoms with E-state index in [2.05, 4.69) is 17.4 Å². The highest BCUT2D eigenvalue weighted by molar-refractivity contribution is 5.80. The first-order valence-electron chi connectivity index (χ1n) is 11.6. The van der Waals surface area contributed by atoms with E-state index in [-0.39, 0.29) is 30.5 Å². The van der Waals surface area contributed by atoms with Crippen molar-refractivity contribution in [3.63, 3.8) is 0 Å². The predicted octanol–water partition coefficient (Wildman–Crippen LogP) is 3.34. The van der Waals surface area contributed by atoms with Crippen LogP contribution in [-0.2, 0) is 16.0 Å². The summed E-state index contributed by atoms with van der Waals surface area (Å²) in [6.45, 7) is 0.463. The number of piperidine rings is 1. The molecule has 2 aliphatic rings. The summed E-state index contributed by atoms with van der Waals surface area (Å²) in [5.74, 6) is 1.78. The van der Waals surface area contributed by atoms with Gasteiger partial charge in [-0.15, -0.1) is 0 Å². The number of carbonyl (C=O) groups excluding carboxylic acids is 2. The number of amides is 2. The molecule has 4 rings (SSSR count). The van der Waals surface area contributed by atoms with Crippen molar-refractivity contribution in [1.29, 1.82) is 0 Å². The number of nitrogens with two attached hydrogens (primary N) is 1. The summed E-state index contributed by atoms with van der Waals surface area (Å²) in [7, 11) is 1.66. The third-order valence-corrected chi connectivity index (χ3v) is 6.50. The Kier molecular flexibility index (Phi) is 7.37. The van der Waals surface area contributed by atoms with Crippen LogP contribution in [0.3, 0.4) is 0 Å². The van der Waals surface area contributed by atoms with Gasteiger partial charge in [0, 0.05) is 18.4 Å². The highest BCUT2D eigenvalue weighted by atomic mass is 16.5. The van der Waals surface area contributed by atoms with Gasteiger partial charge in [0.15, 0.2) is 18.1 Å². The van der Waals surface area contributed by atoms with Crippen molar-refractivity contribution in [3.05, 3.63) is 53.6 Å². The summed E-state index contributed by atoms with van der Waals surface area (Å²) < 4.78 is 17.1. The summed E-state index contributed by atoms with van der Waals surface area (Å²) in [5.41, 5.74) is 7.31. The van der Waals surface area contributed by atoms with E-state index in [4.69, 9.17) is 19.9 Å². The smallest absolute Gasteiger partial charge is 0.255 e. The maximum atomic E-state index is 12.6. The molecule has 7 heteroatoms. The molecule has 1 saturated carbocycles. The Morgan fingerprint density at radius 2 is 1.85 bits per heavy atom. The second-order valence-electron chi connectivity index (χ2n) is 8.91. The van der Waals surface area contributed by atoms with E-state index < -0.39 is 5.91 Å². The van der Waals surface area contributed by atoms with Crippen molar-refractivity contribution in [2.45, 2.75) is 50.5 Å². The number of primary amides is 1. The molecule has 0 unspecified atom stereocenters. The van der Waals surface area contributed by atoms with Gasteiger partial charge in [0.25, 0.3) is 5.91 Å². The van der Waals surface area contributed by atoms with Crippen LogP contribution in [0.25, 0.3) is 0 Å². The Morgan fingerprint density at radius 1 is 1.09 bits per heavy atom. The van der Waals surface area contributed by atoms with Gasteiger partial charge >= 0.3 is 0 Å². The number of ether oxygens (including phenoxy) is 3. The largest absolute Gasteiger partial charge is 0.493 e. The van der Waals surface area contributed by atoms with E-state index in [0.29, 0.717) is 18.7 Å². The van der Waals surface area contributed by atoms with Crippen molar-refractivity contribution in [2.75, 3.05) is 20.3 Å². The van der Waals surface area contributed by atoms with Gasteiger partial charge in [-0.25, -0.2) is 0 Å². The van der Waals surface area contributed by atoms with Gasteiger partial charge in [0.2, 0.25) is 5.91 Å². The molecule has 0 bridgehead atoms. The van der Waals surface area contributed by atoms with Crippen molar-refractivity contribution in [1.82, 2.24) is 5.32 Å². The molecule has 1 saturated heterocycles. The first-order valence-corrected chi connectivity index (χ1v) is 11.6. The van der Waals surface area contributed by atoms with E-state index in [9.17, 15) is 9.59 Å². The lowest BCUT2D eigenvalue weighted by Crippen LogP contribution is -2.41. The van der Waals surface area contributed by atoms with Crippen LogP contribution in [0.1, 0.15) is 49.1 Å². The molecule has 2 amide bonds. The van der Waals surface area contributed by atoms with E-state index in [1.54, 1.807) is 19.2 Å². The molecule has 0 radical (unpaired) electrons. The molecule has 1 aliphatic heterocycles. The normalized spacial score (nSPS) is 20.8. The second kappa shape index (κ2) is 10.6. The number of rotatable bonds is 9. The van der Waals surface area contributed by atoms with Crippen molar-refractivity contribution < 1.29 is 23.8 Å². The fraction of sp³-hybridized carbons (Fsp3) is 0.462. The maximum absolute atomic E-state index is 12.6. The first-order chi connectivity index (χ1) is 16.0. The molecule has 1 aliphatic carbocycles. The number of methoxy groups -OCH3 is 1. The zero-order valence-corrected chi connectivity index (χ0v) is 19.0. The lowest BCUT2D eigenvalue weighted by Gasteiger charge is -2.30. The van der Waals surface area contributed by atoms with Crippen LogP contribution in [0.2, 0.25) is 0 Å². The molecule has 2 atom stereocenters. The lowest BCUT2D eigenvalue weighted by atomic mass is 9.82. The fourth-order valence-electron chi connectivity index (χ4n) is 4.72. The van der Waals surface area contributed by atoms with Gasteiger partial charge in [0.05, 0.1) is 13.2 Å². The summed E-state index contributed by atoms with van der Waals surface area (Å²) in [6, 6.07) is 13.6. The van der Waals surface area contributed by atoms with Gasteiger partial charge < -0.3 is 25.3 Å². The first kappa shape index (κ1) is 23.0. The van der Waals surface area contributed by atoms with Crippen LogP contribution >= 0.6 is 0 Å². The number of hydrogen-bond acceptors (Lipinski definition) is 5. The van der Waals surface area contributed by atoms with Gasteiger partial charge in [-0.3, -0.25) is 9.59 Å². The molecule has 2 aromatic carbocycles. The molecule has 1 heterocycles. The maximum Gasteiger partial charge on any atom is 0.255 e. The van der Waals surface area contributed by atoms with E-state index in [1.165, 1.54) is 12.8 Å². The minimum Gasteiger partial charge on any atom is -0.493 e. The molecular formula is C26H32N2O5. The van der Waals surface area contributed by atoms with Gasteiger partial charge in [-0.1, -0.05) is 18.2 Å². The van der Waals surface area contributed by atoms with Crippen molar-refractivity contribution >= 4 is 11.8 Å². The predicted molar refractivity (Wildman–Crippen MR) is 125 cm³/mol. The molecule has 33 heavy (non-hydrogen) atoms. The van der Waals surface area contributed by atoms with Gasteiger partial charge in [-0.05, 0) is 73.9 Å². The average Bonchev–Trinajstić information content (AvgIpc) is 3.33. The SMILES string of the molecule is COc1ccc([C@H]2CNC(=O)[C@@H](Cc3ccc(OCC(N)=O)cc3)C2)cc1OC1CCCC1.